The zero-order valence-corrected chi connectivity index (χ0v) is 12.2. The molecule has 3 N–H and O–H groups in total. The molecule has 2 heterocycles. The van der Waals surface area contributed by atoms with Crippen molar-refractivity contribution in [3.63, 3.8) is 0 Å². The number of hydrogen-bond acceptors (Lipinski definition) is 5. The Morgan fingerprint density at radius 3 is 2.77 bits per heavy atom. The summed E-state index contributed by atoms with van der Waals surface area (Å²) in [6, 6.07) is 0. The molecule has 2 saturated heterocycles. The molecule has 6 unspecified atom stereocenters. The molecule has 0 radical (unpaired) electrons. The molecule has 0 aromatic heterocycles. The predicted octanol–water partition coefficient (Wildman–Crippen LogP) is 1.33. The third-order valence-electron chi connectivity index (χ3n) is 5.87. The fourth-order valence-electron chi connectivity index (χ4n) is 4.83. The lowest BCUT2D eigenvalue weighted by Crippen LogP contribution is -2.51. The Kier molecular flexibility index (Phi) is 3.50. The zero-order valence-electron chi connectivity index (χ0n) is 12.2. The standard InChI is InChI=1S/C14H21F2N3O3/c15-10(16)12-17-11(19-22-12)8-1-2-9-7(5-8)3-4-14(9)6-21-13(20)18-14/h7-12,17,19H,1-6H2,(H,18,20). The van der Waals surface area contributed by atoms with Crippen molar-refractivity contribution < 1.29 is 23.1 Å². The number of carbonyl (C=O) groups is 1. The van der Waals surface area contributed by atoms with Crippen molar-refractivity contribution in [3.8, 4) is 0 Å². The number of halogens is 2. The summed E-state index contributed by atoms with van der Waals surface area (Å²) in [4.78, 5) is 16.3. The zero-order chi connectivity index (χ0) is 15.3. The molecule has 2 aliphatic carbocycles. The number of rotatable bonds is 2. The molecule has 4 fully saturated rings. The van der Waals surface area contributed by atoms with E-state index in [-0.39, 0.29) is 23.7 Å². The van der Waals surface area contributed by atoms with Gasteiger partial charge in [0, 0.05) is 0 Å². The maximum atomic E-state index is 12.7. The van der Waals surface area contributed by atoms with E-state index in [2.05, 4.69) is 16.1 Å². The Balaban J connectivity index is 1.39. The van der Waals surface area contributed by atoms with E-state index < -0.39 is 12.7 Å². The maximum absolute atomic E-state index is 12.7. The van der Waals surface area contributed by atoms with Crippen molar-refractivity contribution >= 4 is 6.09 Å². The Morgan fingerprint density at radius 2 is 2.09 bits per heavy atom. The van der Waals surface area contributed by atoms with Crippen LogP contribution in [0.15, 0.2) is 0 Å². The van der Waals surface area contributed by atoms with Gasteiger partial charge in [-0.2, -0.15) is 5.48 Å². The molecule has 124 valence electrons. The predicted molar refractivity (Wildman–Crippen MR) is 71.7 cm³/mol. The third-order valence-corrected chi connectivity index (χ3v) is 5.87. The highest BCUT2D eigenvalue weighted by atomic mass is 19.3. The molecule has 0 bridgehead atoms. The number of cyclic esters (lactones) is 1. The summed E-state index contributed by atoms with van der Waals surface area (Å²) in [6.45, 7) is 0.466. The van der Waals surface area contributed by atoms with Crippen molar-refractivity contribution in [2.75, 3.05) is 6.61 Å². The first-order valence-corrected chi connectivity index (χ1v) is 7.98. The molecule has 1 spiro atoms. The van der Waals surface area contributed by atoms with Gasteiger partial charge in [0.2, 0.25) is 0 Å². The van der Waals surface area contributed by atoms with Crippen molar-refractivity contribution in [2.45, 2.75) is 56.5 Å². The van der Waals surface area contributed by atoms with Crippen LogP contribution < -0.4 is 16.1 Å². The molecule has 6 nitrogen and oxygen atoms in total. The Hall–Kier alpha value is -0.990. The largest absolute Gasteiger partial charge is 0.447 e. The molecular weight excluding hydrogens is 296 g/mol. The minimum Gasteiger partial charge on any atom is -0.447 e. The van der Waals surface area contributed by atoms with E-state index in [9.17, 15) is 13.6 Å². The number of fused-ring (bicyclic) bond motifs is 2. The molecule has 2 aliphatic heterocycles. The molecule has 4 rings (SSSR count). The van der Waals surface area contributed by atoms with Crippen LogP contribution in [-0.2, 0) is 9.57 Å². The number of alkyl carbamates (subject to hydrolysis) is 1. The van der Waals surface area contributed by atoms with Crippen LogP contribution in [0.2, 0.25) is 0 Å². The van der Waals surface area contributed by atoms with Gasteiger partial charge in [0.15, 0.2) is 6.23 Å². The van der Waals surface area contributed by atoms with Gasteiger partial charge in [-0.25, -0.2) is 13.6 Å². The summed E-state index contributed by atoms with van der Waals surface area (Å²) in [6.07, 6.45) is 0.599. The lowest BCUT2D eigenvalue weighted by Gasteiger charge is -2.39. The van der Waals surface area contributed by atoms with E-state index in [1.165, 1.54) is 0 Å². The average Bonchev–Trinajstić information content (AvgIpc) is 3.19. The van der Waals surface area contributed by atoms with E-state index in [0.717, 1.165) is 32.1 Å². The topological polar surface area (TPSA) is 71.6 Å². The van der Waals surface area contributed by atoms with Gasteiger partial charge >= 0.3 is 6.09 Å². The highest BCUT2D eigenvalue weighted by Gasteiger charge is 2.55. The first kappa shape index (κ1) is 14.6. The molecule has 22 heavy (non-hydrogen) atoms. The van der Waals surface area contributed by atoms with Crippen LogP contribution in [-0.4, -0.2) is 37.1 Å². The van der Waals surface area contributed by atoms with Crippen molar-refractivity contribution in [1.82, 2.24) is 16.1 Å². The Morgan fingerprint density at radius 1 is 1.23 bits per heavy atom. The second-order valence-electron chi connectivity index (χ2n) is 6.97. The number of amides is 1. The van der Waals surface area contributed by atoms with Crippen LogP contribution in [0.25, 0.3) is 0 Å². The van der Waals surface area contributed by atoms with Gasteiger partial charge in [-0.15, -0.1) is 0 Å². The number of alkyl halides is 2. The van der Waals surface area contributed by atoms with Gasteiger partial charge in [-0.05, 0) is 49.9 Å². The van der Waals surface area contributed by atoms with E-state index in [1.54, 1.807) is 0 Å². The van der Waals surface area contributed by atoms with E-state index in [4.69, 9.17) is 9.57 Å². The Labute approximate surface area is 127 Å². The molecular formula is C14H21F2N3O3. The van der Waals surface area contributed by atoms with Gasteiger partial charge in [0.25, 0.3) is 6.43 Å². The van der Waals surface area contributed by atoms with Crippen LogP contribution in [0.5, 0.6) is 0 Å². The summed E-state index contributed by atoms with van der Waals surface area (Å²) in [5.74, 6) is 1.22. The number of hydroxylamine groups is 1. The summed E-state index contributed by atoms with van der Waals surface area (Å²) in [5.41, 5.74) is 2.53. The lowest BCUT2D eigenvalue weighted by molar-refractivity contribution is -0.0689. The second-order valence-corrected chi connectivity index (χ2v) is 6.97. The number of carbonyl (C=O) groups excluding carboxylic acids is 1. The van der Waals surface area contributed by atoms with Gasteiger partial charge in [0.1, 0.15) is 6.61 Å². The number of ether oxygens (including phenoxy) is 1. The summed E-state index contributed by atoms with van der Waals surface area (Å²) < 4.78 is 30.4. The number of hydrogen-bond donors (Lipinski definition) is 3. The van der Waals surface area contributed by atoms with Gasteiger partial charge in [0.05, 0.1) is 11.7 Å². The van der Waals surface area contributed by atoms with Crippen LogP contribution >= 0.6 is 0 Å². The van der Waals surface area contributed by atoms with Crippen molar-refractivity contribution in [1.29, 1.82) is 0 Å². The second kappa shape index (κ2) is 5.28. The summed E-state index contributed by atoms with van der Waals surface area (Å²) in [5, 5.41) is 5.85. The highest BCUT2D eigenvalue weighted by Crippen LogP contribution is 2.51. The van der Waals surface area contributed by atoms with Crippen molar-refractivity contribution in [2.24, 2.45) is 17.8 Å². The number of nitrogens with one attached hydrogen (secondary N) is 3. The normalized spacial score (nSPS) is 47.8. The van der Waals surface area contributed by atoms with Gasteiger partial charge < -0.3 is 10.1 Å². The molecule has 1 amide bonds. The van der Waals surface area contributed by atoms with E-state index >= 15 is 0 Å². The van der Waals surface area contributed by atoms with Crippen LogP contribution in [0.4, 0.5) is 13.6 Å². The summed E-state index contributed by atoms with van der Waals surface area (Å²) in [7, 11) is 0. The molecule has 6 atom stereocenters. The molecule has 2 saturated carbocycles. The molecule has 0 aromatic rings. The van der Waals surface area contributed by atoms with Crippen LogP contribution in [0.1, 0.15) is 32.1 Å². The monoisotopic (exact) mass is 317 g/mol. The first-order chi connectivity index (χ1) is 10.6. The van der Waals surface area contributed by atoms with Crippen molar-refractivity contribution in [3.05, 3.63) is 0 Å². The first-order valence-electron chi connectivity index (χ1n) is 7.98. The SMILES string of the molecule is O=C1NC2(CCC3CC(C4NOC(C(F)F)N4)CCC32)CO1. The molecule has 0 aromatic carbocycles. The Bertz CT molecular complexity index is 467. The fourth-order valence-corrected chi connectivity index (χ4v) is 4.83. The van der Waals surface area contributed by atoms with E-state index in [0.29, 0.717) is 18.4 Å². The van der Waals surface area contributed by atoms with Crippen LogP contribution in [0, 0.1) is 17.8 Å². The minimum atomic E-state index is -2.53. The molecule has 8 heteroatoms. The highest BCUT2D eigenvalue weighted by molar-refractivity contribution is 5.71. The summed E-state index contributed by atoms with van der Waals surface area (Å²) >= 11 is 0. The quantitative estimate of drug-likeness (QED) is 0.717. The smallest absolute Gasteiger partial charge is 0.407 e. The fraction of sp³-hybridized carbons (Fsp3) is 0.929. The minimum absolute atomic E-state index is 0.189. The average molecular weight is 317 g/mol. The van der Waals surface area contributed by atoms with Gasteiger partial charge in [-0.3, -0.25) is 10.2 Å². The molecule has 4 aliphatic rings. The van der Waals surface area contributed by atoms with Crippen LogP contribution in [0.3, 0.4) is 0 Å². The maximum Gasteiger partial charge on any atom is 0.407 e. The van der Waals surface area contributed by atoms with E-state index in [1.807, 2.05) is 0 Å². The lowest BCUT2D eigenvalue weighted by atomic mass is 9.70. The van der Waals surface area contributed by atoms with Gasteiger partial charge in [-0.1, -0.05) is 0 Å². The third kappa shape index (κ3) is 2.28.